The highest BCUT2D eigenvalue weighted by Crippen LogP contribution is 2.29. The van der Waals surface area contributed by atoms with Gasteiger partial charge in [0.15, 0.2) is 0 Å². The minimum Gasteiger partial charge on any atom is -0.397 e. The number of rotatable bonds is 2. The lowest BCUT2D eigenvalue weighted by Crippen LogP contribution is -2.44. The van der Waals surface area contributed by atoms with Crippen molar-refractivity contribution >= 4 is 28.1 Å². The van der Waals surface area contributed by atoms with Gasteiger partial charge in [-0.15, -0.1) is 0 Å². The molecule has 3 rings (SSSR count). The Hall–Kier alpha value is -2.30. The standard InChI is InChI=1S/C14H16N4O/c15-13-10-5-7-16-8-9(10)3-4-11(13)18-12-2-1-6-17-14(12)19/h3-5,7-8,12,18H,1-2,6,15H2,(H,17,19). The molecule has 2 aromatic rings. The molecule has 5 heteroatoms. The number of nitrogen functional groups attached to an aromatic ring is 1. The topological polar surface area (TPSA) is 80.0 Å². The number of aromatic nitrogens is 1. The molecule has 1 saturated heterocycles. The van der Waals surface area contributed by atoms with E-state index >= 15 is 0 Å². The van der Waals surface area contributed by atoms with Gasteiger partial charge in [-0.1, -0.05) is 6.07 Å². The summed E-state index contributed by atoms with van der Waals surface area (Å²) in [6.07, 6.45) is 5.32. The average Bonchev–Trinajstić information content (AvgIpc) is 2.44. The number of carbonyl (C=O) groups is 1. The quantitative estimate of drug-likeness (QED) is 0.711. The average molecular weight is 256 g/mol. The molecule has 0 saturated carbocycles. The van der Waals surface area contributed by atoms with Crippen LogP contribution in [0.4, 0.5) is 11.4 Å². The molecule has 0 spiro atoms. The zero-order chi connectivity index (χ0) is 13.2. The maximum Gasteiger partial charge on any atom is 0.242 e. The van der Waals surface area contributed by atoms with Crippen LogP contribution < -0.4 is 16.4 Å². The zero-order valence-corrected chi connectivity index (χ0v) is 10.5. The van der Waals surface area contributed by atoms with E-state index in [0.29, 0.717) is 5.69 Å². The van der Waals surface area contributed by atoms with Gasteiger partial charge in [0, 0.05) is 29.7 Å². The van der Waals surface area contributed by atoms with Crippen LogP contribution >= 0.6 is 0 Å². The number of nitrogens with zero attached hydrogens (tertiary/aromatic N) is 1. The summed E-state index contributed by atoms with van der Waals surface area (Å²) in [5.74, 6) is 0.0421. The molecule has 0 aliphatic carbocycles. The second-order valence-corrected chi connectivity index (χ2v) is 4.75. The molecule has 98 valence electrons. The molecule has 19 heavy (non-hydrogen) atoms. The molecule has 4 N–H and O–H groups in total. The minimum absolute atomic E-state index is 0.0421. The van der Waals surface area contributed by atoms with Crippen LogP contribution in [0.2, 0.25) is 0 Å². The van der Waals surface area contributed by atoms with Gasteiger partial charge in [0.1, 0.15) is 6.04 Å². The number of pyridine rings is 1. The highest BCUT2D eigenvalue weighted by Gasteiger charge is 2.22. The number of nitrogens with two attached hydrogens (primary N) is 1. The third-order valence-electron chi connectivity index (χ3n) is 3.48. The van der Waals surface area contributed by atoms with Crippen LogP contribution in [0.1, 0.15) is 12.8 Å². The summed E-state index contributed by atoms with van der Waals surface area (Å²) in [5.41, 5.74) is 7.63. The monoisotopic (exact) mass is 256 g/mol. The second kappa shape index (κ2) is 4.76. The Bertz CT molecular complexity index is 626. The molecule has 1 aromatic heterocycles. The Labute approximate surface area is 111 Å². The van der Waals surface area contributed by atoms with Crippen molar-refractivity contribution in [3.63, 3.8) is 0 Å². The number of fused-ring (bicyclic) bond motifs is 1. The molecule has 1 fully saturated rings. The number of amides is 1. The summed E-state index contributed by atoms with van der Waals surface area (Å²) in [5, 5.41) is 8.04. The van der Waals surface area contributed by atoms with Crippen molar-refractivity contribution in [2.45, 2.75) is 18.9 Å². The third-order valence-corrected chi connectivity index (χ3v) is 3.48. The predicted molar refractivity (Wildman–Crippen MR) is 75.8 cm³/mol. The molecular weight excluding hydrogens is 240 g/mol. The Morgan fingerprint density at radius 3 is 3.11 bits per heavy atom. The van der Waals surface area contributed by atoms with Gasteiger partial charge in [-0.05, 0) is 25.0 Å². The van der Waals surface area contributed by atoms with Crippen LogP contribution in [0, 0.1) is 0 Å². The number of carbonyl (C=O) groups excluding carboxylic acids is 1. The number of nitrogens with one attached hydrogen (secondary N) is 2. The Morgan fingerprint density at radius 2 is 2.26 bits per heavy atom. The van der Waals surface area contributed by atoms with E-state index in [0.717, 1.165) is 35.8 Å². The van der Waals surface area contributed by atoms with Crippen LogP contribution in [0.5, 0.6) is 0 Å². The fourth-order valence-corrected chi connectivity index (χ4v) is 2.42. The first kappa shape index (κ1) is 11.8. The van der Waals surface area contributed by atoms with Crippen molar-refractivity contribution in [2.75, 3.05) is 17.6 Å². The smallest absolute Gasteiger partial charge is 0.242 e. The lowest BCUT2D eigenvalue weighted by molar-refractivity contribution is -0.123. The Morgan fingerprint density at radius 1 is 1.37 bits per heavy atom. The fraction of sp³-hybridized carbons (Fsp3) is 0.286. The normalized spacial score (nSPS) is 19.2. The molecule has 1 aliphatic rings. The van der Waals surface area contributed by atoms with E-state index in [4.69, 9.17) is 5.73 Å². The minimum atomic E-state index is -0.199. The molecule has 0 radical (unpaired) electrons. The predicted octanol–water partition coefficient (Wildman–Crippen LogP) is 1.51. The first-order valence-electron chi connectivity index (χ1n) is 6.42. The van der Waals surface area contributed by atoms with Crippen molar-refractivity contribution < 1.29 is 4.79 Å². The third kappa shape index (κ3) is 2.19. The second-order valence-electron chi connectivity index (χ2n) is 4.75. The Balaban J connectivity index is 1.92. The molecule has 0 bridgehead atoms. The van der Waals surface area contributed by atoms with Crippen molar-refractivity contribution in [1.82, 2.24) is 10.3 Å². The highest BCUT2D eigenvalue weighted by molar-refractivity contribution is 5.99. The van der Waals surface area contributed by atoms with E-state index < -0.39 is 0 Å². The maximum atomic E-state index is 11.7. The highest BCUT2D eigenvalue weighted by atomic mass is 16.2. The molecular formula is C14H16N4O. The van der Waals surface area contributed by atoms with Crippen LogP contribution in [0.15, 0.2) is 30.6 Å². The zero-order valence-electron chi connectivity index (χ0n) is 10.5. The van der Waals surface area contributed by atoms with E-state index in [1.807, 2.05) is 18.2 Å². The van der Waals surface area contributed by atoms with Gasteiger partial charge in [0.25, 0.3) is 0 Å². The van der Waals surface area contributed by atoms with Gasteiger partial charge in [-0.2, -0.15) is 0 Å². The van der Waals surface area contributed by atoms with Crippen molar-refractivity contribution in [3.05, 3.63) is 30.6 Å². The first-order chi connectivity index (χ1) is 9.25. The molecule has 5 nitrogen and oxygen atoms in total. The van der Waals surface area contributed by atoms with Gasteiger partial charge in [0.2, 0.25) is 5.91 Å². The van der Waals surface area contributed by atoms with Crippen molar-refractivity contribution in [3.8, 4) is 0 Å². The van der Waals surface area contributed by atoms with Gasteiger partial charge >= 0.3 is 0 Å². The van der Waals surface area contributed by atoms with Crippen LogP contribution in [-0.4, -0.2) is 23.5 Å². The molecule has 1 amide bonds. The lowest BCUT2D eigenvalue weighted by atomic mass is 10.0. The van der Waals surface area contributed by atoms with Gasteiger partial charge in [-0.25, -0.2) is 0 Å². The summed E-state index contributed by atoms with van der Waals surface area (Å²) in [6, 6.07) is 5.55. The van der Waals surface area contributed by atoms with Crippen LogP contribution in [-0.2, 0) is 4.79 Å². The van der Waals surface area contributed by atoms with Crippen LogP contribution in [0.25, 0.3) is 10.8 Å². The summed E-state index contributed by atoms with van der Waals surface area (Å²) in [7, 11) is 0. The van der Waals surface area contributed by atoms with E-state index in [9.17, 15) is 4.79 Å². The van der Waals surface area contributed by atoms with E-state index in [2.05, 4.69) is 15.6 Å². The van der Waals surface area contributed by atoms with Crippen molar-refractivity contribution in [1.29, 1.82) is 0 Å². The number of piperidine rings is 1. The molecule has 1 aromatic carbocycles. The van der Waals surface area contributed by atoms with E-state index in [1.165, 1.54) is 0 Å². The Kier molecular flexibility index (Phi) is 2.95. The van der Waals surface area contributed by atoms with E-state index in [-0.39, 0.29) is 11.9 Å². The van der Waals surface area contributed by atoms with Gasteiger partial charge in [-0.3, -0.25) is 9.78 Å². The molecule has 2 heterocycles. The van der Waals surface area contributed by atoms with Crippen LogP contribution in [0.3, 0.4) is 0 Å². The van der Waals surface area contributed by atoms with Gasteiger partial charge in [0.05, 0.1) is 11.4 Å². The first-order valence-corrected chi connectivity index (χ1v) is 6.42. The largest absolute Gasteiger partial charge is 0.397 e. The lowest BCUT2D eigenvalue weighted by Gasteiger charge is -2.24. The summed E-state index contributed by atoms with van der Waals surface area (Å²) in [6.45, 7) is 0.760. The number of hydrogen-bond acceptors (Lipinski definition) is 4. The molecule has 1 unspecified atom stereocenters. The SMILES string of the molecule is Nc1c(NC2CCCNC2=O)ccc2cnccc12. The fourth-order valence-electron chi connectivity index (χ4n) is 2.42. The summed E-state index contributed by atoms with van der Waals surface area (Å²) >= 11 is 0. The van der Waals surface area contributed by atoms with Gasteiger partial charge < -0.3 is 16.4 Å². The number of anilines is 2. The van der Waals surface area contributed by atoms with E-state index in [1.54, 1.807) is 12.4 Å². The molecule has 1 aliphatic heterocycles. The van der Waals surface area contributed by atoms with Crippen molar-refractivity contribution in [2.24, 2.45) is 0 Å². The number of benzene rings is 1. The maximum absolute atomic E-state index is 11.7. The molecule has 1 atom stereocenters. The summed E-state index contributed by atoms with van der Waals surface area (Å²) < 4.78 is 0. The number of hydrogen-bond donors (Lipinski definition) is 3. The summed E-state index contributed by atoms with van der Waals surface area (Å²) in [4.78, 5) is 15.8.